The molecule has 0 heterocycles. The van der Waals surface area contributed by atoms with Crippen LogP contribution >= 0.6 is 0 Å². The van der Waals surface area contributed by atoms with Gasteiger partial charge in [-0.05, 0) is 50.7 Å². The Kier molecular flexibility index (Phi) is 6.17. The van der Waals surface area contributed by atoms with Crippen molar-refractivity contribution in [2.75, 3.05) is 19.0 Å². The highest BCUT2D eigenvalue weighted by molar-refractivity contribution is 7.89. The molecule has 0 aliphatic rings. The van der Waals surface area contributed by atoms with Gasteiger partial charge < -0.3 is 10.1 Å². The fourth-order valence-electron chi connectivity index (χ4n) is 2.20. The lowest BCUT2D eigenvalue weighted by Gasteiger charge is -2.11. The molecule has 1 amide bonds. The second-order valence-electron chi connectivity index (χ2n) is 5.65. The number of amides is 1. The molecule has 2 aromatic carbocycles. The lowest BCUT2D eigenvalue weighted by atomic mass is 10.2. The topological polar surface area (TPSA) is 84.5 Å². The first kappa shape index (κ1) is 19.0. The third-order valence-corrected chi connectivity index (χ3v) is 5.21. The van der Waals surface area contributed by atoms with Crippen LogP contribution in [-0.2, 0) is 14.8 Å². The molecule has 0 bridgehead atoms. The first-order valence-electron chi connectivity index (χ1n) is 7.85. The van der Waals surface area contributed by atoms with E-state index in [-0.39, 0.29) is 23.8 Å². The molecule has 7 heteroatoms. The van der Waals surface area contributed by atoms with Crippen molar-refractivity contribution in [3.8, 4) is 5.75 Å². The normalized spacial score (nSPS) is 11.2. The summed E-state index contributed by atoms with van der Waals surface area (Å²) in [6.45, 7) is 3.93. The average Bonchev–Trinajstić information content (AvgIpc) is 2.58. The van der Waals surface area contributed by atoms with Crippen LogP contribution in [0.2, 0.25) is 0 Å². The van der Waals surface area contributed by atoms with Gasteiger partial charge in [0.05, 0.1) is 17.9 Å². The summed E-state index contributed by atoms with van der Waals surface area (Å²) in [5.74, 6) is 0.458. The number of sulfonamides is 1. The van der Waals surface area contributed by atoms with Crippen LogP contribution in [0.15, 0.2) is 47.4 Å². The minimum atomic E-state index is -3.57. The summed E-state index contributed by atoms with van der Waals surface area (Å²) in [4.78, 5) is 12.2. The standard InChI is InChI=1S/C18H22N2O4S/c1-13-4-8-16(9-5-13)24-11-10-18(21)20-15-7-6-14(2)17(12-15)25(22,23)19-3/h4-9,12,19H,10-11H2,1-3H3,(H,20,21). The number of carbonyl (C=O) groups excluding carboxylic acids is 1. The van der Waals surface area contributed by atoms with Crippen LogP contribution in [0.5, 0.6) is 5.75 Å². The molecule has 2 aromatic rings. The van der Waals surface area contributed by atoms with Gasteiger partial charge in [0.25, 0.3) is 0 Å². The fourth-order valence-corrected chi connectivity index (χ4v) is 3.19. The Labute approximate surface area is 148 Å². The van der Waals surface area contributed by atoms with Crippen molar-refractivity contribution in [1.29, 1.82) is 0 Å². The van der Waals surface area contributed by atoms with Gasteiger partial charge in [-0.3, -0.25) is 4.79 Å². The van der Waals surface area contributed by atoms with Crippen LogP contribution in [0.25, 0.3) is 0 Å². The van der Waals surface area contributed by atoms with Crippen molar-refractivity contribution >= 4 is 21.6 Å². The van der Waals surface area contributed by atoms with Crippen LogP contribution in [0, 0.1) is 13.8 Å². The number of carbonyl (C=O) groups is 1. The molecule has 0 saturated carbocycles. The summed E-state index contributed by atoms with van der Waals surface area (Å²) in [7, 11) is -2.22. The molecule has 2 rings (SSSR count). The van der Waals surface area contributed by atoms with Crippen molar-refractivity contribution in [3.05, 3.63) is 53.6 Å². The van der Waals surface area contributed by atoms with E-state index in [0.29, 0.717) is 17.0 Å². The lowest BCUT2D eigenvalue weighted by molar-refractivity contribution is -0.116. The molecule has 0 radical (unpaired) electrons. The van der Waals surface area contributed by atoms with E-state index in [2.05, 4.69) is 10.0 Å². The number of nitrogens with one attached hydrogen (secondary N) is 2. The molecule has 0 aliphatic carbocycles. The van der Waals surface area contributed by atoms with E-state index < -0.39 is 10.0 Å². The molecule has 2 N–H and O–H groups in total. The van der Waals surface area contributed by atoms with Crippen molar-refractivity contribution < 1.29 is 17.9 Å². The van der Waals surface area contributed by atoms with Gasteiger partial charge >= 0.3 is 0 Å². The molecule has 134 valence electrons. The molecule has 0 aromatic heterocycles. The highest BCUT2D eigenvalue weighted by Crippen LogP contribution is 2.20. The Morgan fingerprint density at radius 3 is 2.40 bits per heavy atom. The first-order chi connectivity index (χ1) is 11.8. The van der Waals surface area contributed by atoms with E-state index in [0.717, 1.165) is 5.56 Å². The molecule has 0 spiro atoms. The van der Waals surface area contributed by atoms with Gasteiger partial charge in [-0.1, -0.05) is 23.8 Å². The molecule has 0 aliphatic heterocycles. The van der Waals surface area contributed by atoms with Crippen LogP contribution in [0.1, 0.15) is 17.5 Å². The van der Waals surface area contributed by atoms with Gasteiger partial charge in [0.1, 0.15) is 5.75 Å². The summed E-state index contributed by atoms with van der Waals surface area (Å²) in [5.41, 5.74) is 2.17. The van der Waals surface area contributed by atoms with Crippen LogP contribution in [0.4, 0.5) is 5.69 Å². The van der Waals surface area contributed by atoms with Gasteiger partial charge in [0.2, 0.25) is 15.9 Å². The Hall–Kier alpha value is -2.38. The zero-order valence-electron chi connectivity index (χ0n) is 14.5. The van der Waals surface area contributed by atoms with Gasteiger partial charge in [-0.15, -0.1) is 0 Å². The zero-order chi connectivity index (χ0) is 18.4. The largest absolute Gasteiger partial charge is 0.493 e. The summed E-state index contributed by atoms with van der Waals surface area (Å²) in [6.07, 6.45) is 0.163. The minimum Gasteiger partial charge on any atom is -0.493 e. The fraction of sp³-hybridized carbons (Fsp3) is 0.278. The Morgan fingerprint density at radius 2 is 1.76 bits per heavy atom. The summed E-state index contributed by atoms with van der Waals surface area (Å²) in [6, 6.07) is 12.3. The molecule has 0 atom stereocenters. The number of hydrogen-bond donors (Lipinski definition) is 2. The number of rotatable bonds is 7. The van der Waals surface area contributed by atoms with E-state index in [9.17, 15) is 13.2 Å². The van der Waals surface area contributed by atoms with Crippen molar-refractivity contribution in [1.82, 2.24) is 4.72 Å². The Bertz CT molecular complexity index is 846. The number of hydrogen-bond acceptors (Lipinski definition) is 4. The van der Waals surface area contributed by atoms with E-state index in [1.54, 1.807) is 19.1 Å². The molecule has 25 heavy (non-hydrogen) atoms. The van der Waals surface area contributed by atoms with Crippen LogP contribution in [-0.4, -0.2) is 28.0 Å². The molecule has 6 nitrogen and oxygen atoms in total. The molecular weight excluding hydrogens is 340 g/mol. The van der Waals surface area contributed by atoms with E-state index >= 15 is 0 Å². The van der Waals surface area contributed by atoms with E-state index in [1.165, 1.54) is 13.1 Å². The molecular formula is C18H22N2O4S. The first-order valence-corrected chi connectivity index (χ1v) is 9.33. The highest BCUT2D eigenvalue weighted by Gasteiger charge is 2.15. The summed E-state index contributed by atoms with van der Waals surface area (Å²) >= 11 is 0. The van der Waals surface area contributed by atoms with Crippen molar-refractivity contribution in [2.24, 2.45) is 0 Å². The van der Waals surface area contributed by atoms with Gasteiger partial charge in [-0.2, -0.15) is 0 Å². The third-order valence-electron chi connectivity index (χ3n) is 3.65. The maximum atomic E-state index is 12.0. The quantitative estimate of drug-likeness (QED) is 0.793. The average molecular weight is 362 g/mol. The maximum Gasteiger partial charge on any atom is 0.240 e. The highest BCUT2D eigenvalue weighted by atomic mass is 32.2. The second kappa shape index (κ2) is 8.13. The smallest absolute Gasteiger partial charge is 0.240 e. The van der Waals surface area contributed by atoms with Gasteiger partial charge in [0, 0.05) is 5.69 Å². The molecule has 0 unspecified atom stereocenters. The Balaban J connectivity index is 1.94. The van der Waals surface area contributed by atoms with Crippen molar-refractivity contribution in [3.63, 3.8) is 0 Å². The van der Waals surface area contributed by atoms with E-state index in [4.69, 9.17) is 4.74 Å². The van der Waals surface area contributed by atoms with Crippen LogP contribution in [0.3, 0.4) is 0 Å². The van der Waals surface area contributed by atoms with E-state index in [1.807, 2.05) is 31.2 Å². The Morgan fingerprint density at radius 1 is 1.08 bits per heavy atom. The lowest BCUT2D eigenvalue weighted by Crippen LogP contribution is -2.20. The second-order valence-corrected chi connectivity index (χ2v) is 7.50. The third kappa shape index (κ3) is 5.30. The minimum absolute atomic E-state index is 0.142. The number of benzene rings is 2. The summed E-state index contributed by atoms with van der Waals surface area (Å²) < 4.78 is 31.7. The number of anilines is 1. The predicted molar refractivity (Wildman–Crippen MR) is 97.3 cm³/mol. The molecule has 0 fully saturated rings. The SMILES string of the molecule is CNS(=O)(=O)c1cc(NC(=O)CCOc2ccc(C)cc2)ccc1C. The summed E-state index contributed by atoms with van der Waals surface area (Å²) in [5, 5.41) is 2.69. The van der Waals surface area contributed by atoms with Gasteiger partial charge in [-0.25, -0.2) is 13.1 Å². The monoisotopic (exact) mass is 362 g/mol. The van der Waals surface area contributed by atoms with Crippen molar-refractivity contribution in [2.45, 2.75) is 25.2 Å². The zero-order valence-corrected chi connectivity index (χ0v) is 15.3. The number of ether oxygens (including phenoxy) is 1. The maximum absolute atomic E-state index is 12.0. The predicted octanol–water partition coefficient (Wildman–Crippen LogP) is 2.62. The number of aryl methyl sites for hydroxylation is 2. The van der Waals surface area contributed by atoms with Crippen LogP contribution < -0.4 is 14.8 Å². The van der Waals surface area contributed by atoms with Gasteiger partial charge in [0.15, 0.2) is 0 Å². The molecule has 0 saturated heterocycles.